The van der Waals surface area contributed by atoms with E-state index in [-0.39, 0.29) is 6.42 Å². The maximum absolute atomic E-state index is 13.7. The zero-order valence-electron chi connectivity index (χ0n) is 20.3. The van der Waals surface area contributed by atoms with Gasteiger partial charge in [-0.2, -0.15) is 0 Å². The zero-order valence-corrected chi connectivity index (χ0v) is 20.3. The predicted octanol–water partition coefficient (Wildman–Crippen LogP) is 1.68. The molecule has 0 amide bonds. The second-order valence-corrected chi connectivity index (χ2v) is 11.7. The first-order valence-corrected chi connectivity index (χ1v) is 12.0. The first-order valence-electron chi connectivity index (χ1n) is 12.0. The van der Waals surface area contributed by atoms with Gasteiger partial charge in [-0.3, -0.25) is 4.79 Å². The van der Waals surface area contributed by atoms with Crippen molar-refractivity contribution in [2.75, 3.05) is 6.61 Å². The van der Waals surface area contributed by atoms with E-state index in [1.54, 1.807) is 13.8 Å². The maximum Gasteiger partial charge on any atom is 0.335 e. The van der Waals surface area contributed by atoms with Gasteiger partial charge < -0.3 is 29.5 Å². The van der Waals surface area contributed by atoms with Crippen LogP contribution < -0.4 is 0 Å². The summed E-state index contributed by atoms with van der Waals surface area (Å²) in [6.45, 7) is 12.9. The molecular formula is C25H38O8. The lowest BCUT2D eigenvalue weighted by molar-refractivity contribution is -0.370. The molecule has 186 valence electrons. The van der Waals surface area contributed by atoms with Gasteiger partial charge in [0.25, 0.3) is 0 Å². The molecule has 8 nitrogen and oxygen atoms in total. The van der Waals surface area contributed by atoms with Crippen molar-refractivity contribution in [1.29, 1.82) is 0 Å². The number of ketones is 1. The summed E-state index contributed by atoms with van der Waals surface area (Å²) >= 11 is 0. The fraction of sp³-hybridized carbons (Fsp3) is 0.840. The van der Waals surface area contributed by atoms with E-state index in [9.17, 15) is 24.9 Å². The van der Waals surface area contributed by atoms with Gasteiger partial charge >= 0.3 is 5.97 Å². The van der Waals surface area contributed by atoms with Crippen LogP contribution in [0.5, 0.6) is 0 Å². The highest BCUT2D eigenvalue weighted by atomic mass is 16.6. The number of ether oxygens (including phenoxy) is 3. The minimum absolute atomic E-state index is 0.148. The highest BCUT2D eigenvalue weighted by molar-refractivity contribution is 5.92. The Hall–Kier alpha value is -1.32. The molecule has 4 fully saturated rings. The summed E-state index contributed by atoms with van der Waals surface area (Å²) in [7, 11) is 0. The molecule has 0 spiro atoms. The summed E-state index contributed by atoms with van der Waals surface area (Å²) in [5.41, 5.74) is -7.21. The Bertz CT molecular complexity index is 849. The van der Waals surface area contributed by atoms with Gasteiger partial charge in [-0.25, -0.2) is 4.79 Å². The van der Waals surface area contributed by atoms with Crippen molar-refractivity contribution in [2.24, 2.45) is 16.7 Å². The molecular weight excluding hydrogens is 428 g/mol. The smallest absolute Gasteiger partial charge is 0.335 e. The monoisotopic (exact) mass is 466 g/mol. The molecule has 2 aliphatic carbocycles. The molecule has 0 aromatic rings. The molecule has 2 saturated heterocycles. The van der Waals surface area contributed by atoms with Crippen molar-refractivity contribution in [2.45, 2.75) is 108 Å². The van der Waals surface area contributed by atoms with Gasteiger partial charge in [0, 0.05) is 24.4 Å². The summed E-state index contributed by atoms with van der Waals surface area (Å²) in [5, 5.41) is 35.3. The Morgan fingerprint density at radius 3 is 2.42 bits per heavy atom. The third kappa shape index (κ3) is 3.14. The minimum Gasteiger partial charge on any atom is -0.457 e. The lowest BCUT2D eigenvalue weighted by atomic mass is 9.40. The second kappa shape index (κ2) is 7.59. The number of hydrogen-bond donors (Lipinski definition) is 3. The van der Waals surface area contributed by atoms with E-state index >= 15 is 0 Å². The fourth-order valence-electron chi connectivity index (χ4n) is 7.38. The van der Waals surface area contributed by atoms with Crippen LogP contribution in [0.2, 0.25) is 0 Å². The lowest BCUT2D eigenvalue weighted by Crippen LogP contribution is -2.86. The number of rotatable bonds is 3. The van der Waals surface area contributed by atoms with E-state index in [1.807, 2.05) is 13.8 Å². The van der Waals surface area contributed by atoms with Gasteiger partial charge in [0.05, 0.1) is 11.7 Å². The largest absolute Gasteiger partial charge is 0.457 e. The summed E-state index contributed by atoms with van der Waals surface area (Å²) in [6.07, 6.45) is -0.921. The number of carbonyl (C=O) groups excluding carboxylic acids is 2. The van der Waals surface area contributed by atoms with Gasteiger partial charge in [-0.1, -0.05) is 26.8 Å². The van der Waals surface area contributed by atoms with Crippen molar-refractivity contribution in [3.05, 3.63) is 12.7 Å². The van der Waals surface area contributed by atoms with Gasteiger partial charge in [0.15, 0.2) is 17.5 Å². The predicted molar refractivity (Wildman–Crippen MR) is 118 cm³/mol. The van der Waals surface area contributed by atoms with Gasteiger partial charge in [0.1, 0.15) is 17.8 Å². The van der Waals surface area contributed by atoms with E-state index in [0.717, 1.165) is 6.42 Å². The Labute approximate surface area is 195 Å². The molecule has 3 N–H and O–H groups in total. The number of esters is 1. The molecule has 33 heavy (non-hydrogen) atoms. The van der Waals surface area contributed by atoms with Crippen LogP contribution >= 0.6 is 0 Å². The SMILES string of the molecule is C=C[C@@]1(C)CC(=O)[C@]2(O)[C@@]3(C)[C@@H](O)CCC(C)(C)[C@@H]3[C@H](OC(=O)C3CCCO3)[C@H](O)[C@@]2(C)O1. The molecule has 0 aromatic carbocycles. The van der Waals surface area contributed by atoms with Crippen molar-refractivity contribution < 1.29 is 39.1 Å². The van der Waals surface area contributed by atoms with Crippen LogP contribution in [0.25, 0.3) is 0 Å². The Morgan fingerprint density at radius 2 is 1.85 bits per heavy atom. The molecule has 0 bridgehead atoms. The van der Waals surface area contributed by atoms with Crippen molar-refractivity contribution in [1.82, 2.24) is 0 Å². The molecule has 4 rings (SSSR count). The van der Waals surface area contributed by atoms with E-state index < -0.39 is 69.7 Å². The van der Waals surface area contributed by atoms with Crippen LogP contribution in [0.15, 0.2) is 12.7 Å². The van der Waals surface area contributed by atoms with Crippen LogP contribution in [0.1, 0.15) is 66.7 Å². The number of aliphatic hydroxyl groups excluding tert-OH is 2. The Balaban J connectivity index is 1.89. The lowest BCUT2D eigenvalue weighted by Gasteiger charge is -2.71. The zero-order chi connectivity index (χ0) is 24.6. The molecule has 2 heterocycles. The maximum atomic E-state index is 13.7. The molecule has 0 radical (unpaired) electrons. The third-order valence-corrected chi connectivity index (χ3v) is 9.18. The van der Waals surface area contributed by atoms with E-state index in [1.165, 1.54) is 13.0 Å². The van der Waals surface area contributed by atoms with E-state index in [4.69, 9.17) is 14.2 Å². The van der Waals surface area contributed by atoms with Gasteiger partial charge in [0.2, 0.25) is 0 Å². The molecule has 2 saturated carbocycles. The molecule has 8 heteroatoms. The van der Waals surface area contributed by atoms with Crippen LogP contribution in [0.4, 0.5) is 0 Å². The second-order valence-electron chi connectivity index (χ2n) is 11.7. The van der Waals surface area contributed by atoms with E-state index in [0.29, 0.717) is 25.9 Å². The topological polar surface area (TPSA) is 123 Å². The Morgan fingerprint density at radius 1 is 1.18 bits per heavy atom. The quantitative estimate of drug-likeness (QED) is 0.424. The molecule has 4 aliphatic rings. The first kappa shape index (κ1) is 24.8. The minimum atomic E-state index is -2.21. The number of Topliss-reactive ketones (excluding diaryl/α,β-unsaturated/α-hetero) is 1. The fourth-order valence-corrected chi connectivity index (χ4v) is 7.38. The van der Waals surface area contributed by atoms with Crippen LogP contribution in [-0.2, 0) is 23.8 Å². The van der Waals surface area contributed by atoms with Crippen molar-refractivity contribution in [3.8, 4) is 0 Å². The molecule has 2 aliphatic heterocycles. The van der Waals surface area contributed by atoms with Crippen molar-refractivity contribution in [3.63, 3.8) is 0 Å². The van der Waals surface area contributed by atoms with Crippen LogP contribution in [-0.4, -0.2) is 74.9 Å². The summed E-state index contributed by atoms with van der Waals surface area (Å²) in [4.78, 5) is 26.7. The van der Waals surface area contributed by atoms with Gasteiger partial charge in [-0.05, 0) is 44.9 Å². The molecule has 1 unspecified atom stereocenters. The molecule has 9 atom stereocenters. The molecule has 0 aromatic heterocycles. The van der Waals surface area contributed by atoms with Crippen LogP contribution in [0.3, 0.4) is 0 Å². The third-order valence-electron chi connectivity index (χ3n) is 9.18. The van der Waals surface area contributed by atoms with Crippen LogP contribution in [0, 0.1) is 16.7 Å². The number of aliphatic hydroxyl groups is 3. The number of fused-ring (bicyclic) bond motifs is 3. The summed E-state index contributed by atoms with van der Waals surface area (Å²) in [5.74, 6) is -1.82. The average Bonchev–Trinajstić information content (AvgIpc) is 3.27. The highest BCUT2D eigenvalue weighted by Crippen LogP contribution is 2.67. The Kier molecular flexibility index (Phi) is 5.70. The average molecular weight is 467 g/mol. The number of carbonyl (C=O) groups is 2. The van der Waals surface area contributed by atoms with Crippen molar-refractivity contribution >= 4 is 11.8 Å². The number of hydrogen-bond acceptors (Lipinski definition) is 8. The highest BCUT2D eigenvalue weighted by Gasteiger charge is 2.81. The standard InChI is InChI=1S/C25H38O8/c1-7-22(4)13-16(27)25(30)23(5)15(26)10-11-21(2,3)18(23)17(19(28)24(25,6)33-22)32-20(29)14-9-8-12-31-14/h7,14-15,17-19,26,28,30H,1,8-13H2,2-6H3/t14?,15-,17-,18-,19-,22-,23-,24+,25-/m0/s1. The summed E-state index contributed by atoms with van der Waals surface area (Å²) in [6, 6.07) is 0. The normalized spacial score (nSPS) is 51.4. The first-order chi connectivity index (χ1) is 15.2. The summed E-state index contributed by atoms with van der Waals surface area (Å²) < 4.78 is 17.7. The van der Waals surface area contributed by atoms with Gasteiger partial charge in [-0.15, -0.1) is 6.58 Å². The van der Waals surface area contributed by atoms with E-state index in [2.05, 4.69) is 6.58 Å².